The van der Waals surface area contributed by atoms with E-state index in [1.807, 2.05) is 4.57 Å². The van der Waals surface area contributed by atoms with E-state index in [0.717, 1.165) is 19.3 Å². The smallest absolute Gasteiger partial charge is 0.271 e. The summed E-state index contributed by atoms with van der Waals surface area (Å²) in [5.74, 6) is -0.158. The van der Waals surface area contributed by atoms with Crippen molar-refractivity contribution in [3.05, 3.63) is 18.2 Å². The molecular formula is C12H20N4O2. The molecule has 1 aliphatic carbocycles. The number of amides is 1. The van der Waals surface area contributed by atoms with Crippen LogP contribution in [0.3, 0.4) is 0 Å². The number of aromatic nitrogens is 2. The predicted octanol–water partition coefficient (Wildman–Crippen LogP) is 0.141. The molecule has 6 nitrogen and oxygen atoms in total. The number of methoxy groups -OCH3 is 1. The molecule has 0 bridgehead atoms. The van der Waals surface area contributed by atoms with Crippen LogP contribution in [0.4, 0.5) is 0 Å². The van der Waals surface area contributed by atoms with Crippen molar-refractivity contribution in [1.82, 2.24) is 14.9 Å². The third-order valence-electron chi connectivity index (χ3n) is 3.52. The largest absolute Gasteiger partial charge is 0.376 e. The summed E-state index contributed by atoms with van der Waals surface area (Å²) >= 11 is 0. The highest BCUT2D eigenvalue weighted by molar-refractivity contribution is 5.92. The van der Waals surface area contributed by atoms with E-state index in [-0.39, 0.29) is 11.5 Å². The second-order valence-corrected chi connectivity index (χ2v) is 4.71. The summed E-state index contributed by atoms with van der Waals surface area (Å²) in [6.45, 7) is 1.75. The van der Waals surface area contributed by atoms with Crippen molar-refractivity contribution in [3.63, 3.8) is 0 Å². The molecule has 0 aromatic carbocycles. The Bertz CT molecular complexity index is 406. The van der Waals surface area contributed by atoms with Gasteiger partial charge in [-0.1, -0.05) is 0 Å². The Morgan fingerprint density at radius 2 is 2.44 bits per heavy atom. The molecule has 1 saturated carbocycles. The van der Waals surface area contributed by atoms with Gasteiger partial charge in [-0.2, -0.15) is 0 Å². The first-order valence-electron chi connectivity index (χ1n) is 6.24. The van der Waals surface area contributed by atoms with Gasteiger partial charge < -0.3 is 20.4 Å². The van der Waals surface area contributed by atoms with Gasteiger partial charge in [0, 0.05) is 32.9 Å². The quantitative estimate of drug-likeness (QED) is 0.754. The van der Waals surface area contributed by atoms with Gasteiger partial charge in [0.05, 0.1) is 11.9 Å². The number of hydrogen-bond donors (Lipinski definition) is 2. The van der Waals surface area contributed by atoms with Crippen LogP contribution in [0.5, 0.6) is 0 Å². The lowest BCUT2D eigenvalue weighted by atomic mass is 9.80. The zero-order valence-corrected chi connectivity index (χ0v) is 10.7. The topological polar surface area (TPSA) is 82.2 Å². The third kappa shape index (κ3) is 2.70. The minimum atomic E-state index is -0.158. The van der Waals surface area contributed by atoms with Crippen molar-refractivity contribution in [2.75, 3.05) is 20.2 Å². The van der Waals surface area contributed by atoms with E-state index in [1.54, 1.807) is 19.6 Å². The monoisotopic (exact) mass is 252 g/mol. The van der Waals surface area contributed by atoms with Gasteiger partial charge in [-0.05, 0) is 19.3 Å². The second kappa shape index (κ2) is 5.49. The van der Waals surface area contributed by atoms with Crippen molar-refractivity contribution in [1.29, 1.82) is 0 Å². The molecule has 2 rings (SSSR count). The standard InChI is InChI=1S/C12H20N4O2/c1-18-12(3-2-4-12)8-14-11(17)10-7-16(6-5-13)9-15-10/h7,9H,2-6,8,13H2,1H3,(H,14,17). The number of carbonyl (C=O) groups is 1. The number of nitrogens with zero attached hydrogens (tertiary/aromatic N) is 2. The molecule has 1 aromatic rings. The highest BCUT2D eigenvalue weighted by Crippen LogP contribution is 2.34. The highest BCUT2D eigenvalue weighted by atomic mass is 16.5. The molecule has 0 atom stereocenters. The fourth-order valence-corrected chi connectivity index (χ4v) is 2.10. The number of nitrogens with one attached hydrogen (secondary N) is 1. The van der Waals surface area contributed by atoms with Crippen molar-refractivity contribution >= 4 is 5.91 Å². The molecular weight excluding hydrogens is 232 g/mol. The number of rotatable bonds is 6. The molecule has 0 radical (unpaired) electrons. The predicted molar refractivity (Wildman–Crippen MR) is 67.2 cm³/mol. The first-order valence-corrected chi connectivity index (χ1v) is 6.24. The summed E-state index contributed by atoms with van der Waals surface area (Å²) in [7, 11) is 1.70. The van der Waals surface area contributed by atoms with Crippen LogP contribution in [-0.2, 0) is 11.3 Å². The maximum Gasteiger partial charge on any atom is 0.271 e. The fraction of sp³-hybridized carbons (Fsp3) is 0.667. The van der Waals surface area contributed by atoms with E-state index in [9.17, 15) is 4.79 Å². The van der Waals surface area contributed by atoms with E-state index in [2.05, 4.69) is 10.3 Å². The summed E-state index contributed by atoms with van der Waals surface area (Å²) in [6.07, 6.45) is 6.51. The number of ether oxygens (including phenoxy) is 1. The minimum Gasteiger partial charge on any atom is -0.376 e. The van der Waals surface area contributed by atoms with Crippen LogP contribution in [0.1, 0.15) is 29.8 Å². The number of nitrogens with two attached hydrogens (primary N) is 1. The van der Waals surface area contributed by atoms with Crippen molar-refractivity contribution in [2.24, 2.45) is 5.73 Å². The molecule has 3 N–H and O–H groups in total. The Hall–Kier alpha value is -1.40. The molecule has 0 unspecified atom stereocenters. The molecule has 0 aliphatic heterocycles. The Morgan fingerprint density at radius 1 is 1.67 bits per heavy atom. The Balaban J connectivity index is 1.87. The van der Waals surface area contributed by atoms with E-state index in [0.29, 0.717) is 25.3 Å². The number of imidazole rings is 1. The summed E-state index contributed by atoms with van der Waals surface area (Å²) in [4.78, 5) is 16.0. The van der Waals surface area contributed by atoms with Gasteiger partial charge in [0.25, 0.3) is 5.91 Å². The van der Waals surface area contributed by atoms with Crippen LogP contribution in [0.2, 0.25) is 0 Å². The highest BCUT2D eigenvalue weighted by Gasteiger charge is 2.37. The maximum atomic E-state index is 11.9. The Labute approximate surface area is 107 Å². The van der Waals surface area contributed by atoms with Crippen LogP contribution in [0.25, 0.3) is 0 Å². The zero-order chi connectivity index (χ0) is 13.0. The van der Waals surface area contributed by atoms with Crippen LogP contribution in [0, 0.1) is 0 Å². The molecule has 100 valence electrons. The van der Waals surface area contributed by atoms with Crippen molar-refractivity contribution in [2.45, 2.75) is 31.4 Å². The van der Waals surface area contributed by atoms with E-state index in [1.165, 1.54) is 0 Å². The van der Waals surface area contributed by atoms with Crippen LogP contribution >= 0.6 is 0 Å². The minimum absolute atomic E-state index is 0.157. The number of carbonyl (C=O) groups excluding carboxylic acids is 1. The van der Waals surface area contributed by atoms with Gasteiger partial charge in [-0.3, -0.25) is 4.79 Å². The van der Waals surface area contributed by atoms with Crippen LogP contribution in [-0.4, -0.2) is 41.3 Å². The van der Waals surface area contributed by atoms with Crippen molar-refractivity contribution in [3.8, 4) is 0 Å². The second-order valence-electron chi connectivity index (χ2n) is 4.71. The van der Waals surface area contributed by atoms with E-state index in [4.69, 9.17) is 10.5 Å². The summed E-state index contributed by atoms with van der Waals surface area (Å²) < 4.78 is 7.26. The third-order valence-corrected chi connectivity index (χ3v) is 3.52. The van der Waals surface area contributed by atoms with Crippen LogP contribution in [0.15, 0.2) is 12.5 Å². The lowest BCUT2D eigenvalue weighted by Gasteiger charge is -2.40. The van der Waals surface area contributed by atoms with Crippen LogP contribution < -0.4 is 11.1 Å². The molecule has 0 spiro atoms. The molecule has 1 fully saturated rings. The summed E-state index contributed by atoms with van der Waals surface area (Å²) in [6, 6.07) is 0. The Kier molecular flexibility index (Phi) is 3.98. The molecule has 6 heteroatoms. The SMILES string of the molecule is COC1(CNC(=O)c2cn(CCN)cn2)CCC1. The maximum absolute atomic E-state index is 11.9. The Morgan fingerprint density at radius 3 is 3.00 bits per heavy atom. The normalized spacial score (nSPS) is 17.2. The van der Waals surface area contributed by atoms with E-state index >= 15 is 0 Å². The molecule has 0 saturated heterocycles. The van der Waals surface area contributed by atoms with Gasteiger partial charge >= 0.3 is 0 Å². The van der Waals surface area contributed by atoms with Gasteiger partial charge in [0.1, 0.15) is 5.69 Å². The first-order chi connectivity index (χ1) is 8.69. The van der Waals surface area contributed by atoms with Gasteiger partial charge in [0.2, 0.25) is 0 Å². The molecule has 1 heterocycles. The van der Waals surface area contributed by atoms with E-state index < -0.39 is 0 Å². The summed E-state index contributed by atoms with van der Waals surface area (Å²) in [5.41, 5.74) is 5.71. The first kappa shape index (κ1) is 13.0. The molecule has 1 amide bonds. The summed E-state index contributed by atoms with van der Waals surface area (Å²) in [5, 5.41) is 2.88. The van der Waals surface area contributed by atoms with Gasteiger partial charge in [-0.15, -0.1) is 0 Å². The average molecular weight is 252 g/mol. The lowest BCUT2D eigenvalue weighted by molar-refractivity contribution is -0.0679. The number of hydrogen-bond acceptors (Lipinski definition) is 4. The molecule has 1 aromatic heterocycles. The average Bonchev–Trinajstić information content (AvgIpc) is 2.77. The molecule has 1 aliphatic rings. The molecule has 18 heavy (non-hydrogen) atoms. The van der Waals surface area contributed by atoms with Crippen molar-refractivity contribution < 1.29 is 9.53 Å². The zero-order valence-electron chi connectivity index (χ0n) is 10.7. The fourth-order valence-electron chi connectivity index (χ4n) is 2.10. The van der Waals surface area contributed by atoms with Gasteiger partial charge in [-0.25, -0.2) is 4.98 Å². The lowest BCUT2D eigenvalue weighted by Crippen LogP contribution is -2.49. The van der Waals surface area contributed by atoms with Gasteiger partial charge in [0.15, 0.2) is 0 Å².